The fraction of sp³-hybridized carbons (Fsp3) is 0.500. The molecule has 1 aromatic heterocycles. The van der Waals surface area contributed by atoms with Crippen LogP contribution in [0.3, 0.4) is 0 Å². The zero-order valence-electron chi connectivity index (χ0n) is 11.9. The second-order valence-corrected chi connectivity index (χ2v) is 5.72. The maximum Gasteiger partial charge on any atom is 0.0494 e. The molecule has 1 nitrogen and oxygen atoms in total. The van der Waals surface area contributed by atoms with Crippen LogP contribution in [0.25, 0.3) is 10.9 Å². The Labute approximate surface area is 115 Å². The quantitative estimate of drug-likeness (QED) is 0.662. The van der Waals surface area contributed by atoms with Crippen molar-refractivity contribution in [2.75, 3.05) is 6.26 Å². The van der Waals surface area contributed by atoms with Crippen LogP contribution in [-0.4, -0.2) is 10.8 Å². The molecule has 2 heteroatoms. The van der Waals surface area contributed by atoms with Gasteiger partial charge < -0.3 is 4.57 Å². The number of rotatable bonds is 5. The van der Waals surface area contributed by atoms with Gasteiger partial charge in [-0.1, -0.05) is 26.3 Å². The molecule has 1 heterocycles. The first-order chi connectivity index (χ1) is 8.72. The van der Waals surface area contributed by atoms with Crippen LogP contribution in [0.5, 0.6) is 0 Å². The van der Waals surface area contributed by atoms with Gasteiger partial charge in [-0.3, -0.25) is 0 Å². The second-order valence-electron chi connectivity index (χ2n) is 4.90. The Bertz CT molecular complexity index is 527. The summed E-state index contributed by atoms with van der Waals surface area (Å²) in [5.41, 5.74) is 2.85. The van der Waals surface area contributed by atoms with Crippen LogP contribution in [0, 0.1) is 0 Å². The monoisotopic (exact) mass is 261 g/mol. The summed E-state index contributed by atoms with van der Waals surface area (Å²) in [6.07, 6.45) is 8.03. The summed E-state index contributed by atoms with van der Waals surface area (Å²) in [4.78, 5) is 1.46. The van der Waals surface area contributed by atoms with Crippen molar-refractivity contribution in [1.29, 1.82) is 0 Å². The molecule has 0 radical (unpaired) electrons. The van der Waals surface area contributed by atoms with Crippen molar-refractivity contribution in [3.63, 3.8) is 0 Å². The zero-order chi connectivity index (χ0) is 13.1. The van der Waals surface area contributed by atoms with E-state index in [-0.39, 0.29) is 0 Å². The lowest BCUT2D eigenvalue weighted by molar-refractivity contribution is 0.515. The Hall–Kier alpha value is -0.890. The largest absolute Gasteiger partial charge is 0.345 e. The molecule has 1 unspecified atom stereocenters. The van der Waals surface area contributed by atoms with Gasteiger partial charge in [0.25, 0.3) is 0 Å². The van der Waals surface area contributed by atoms with Crippen LogP contribution in [0.1, 0.15) is 45.2 Å². The van der Waals surface area contributed by atoms with E-state index in [1.807, 2.05) is 11.8 Å². The lowest BCUT2D eigenvalue weighted by atomic mass is 10.1. The van der Waals surface area contributed by atoms with Gasteiger partial charge in [0.1, 0.15) is 0 Å². The van der Waals surface area contributed by atoms with Crippen molar-refractivity contribution < 1.29 is 0 Å². The van der Waals surface area contributed by atoms with Gasteiger partial charge in [-0.25, -0.2) is 0 Å². The number of hydrogen-bond acceptors (Lipinski definition) is 1. The fourth-order valence-electron chi connectivity index (χ4n) is 2.72. The molecule has 18 heavy (non-hydrogen) atoms. The minimum Gasteiger partial charge on any atom is -0.345 e. The summed E-state index contributed by atoms with van der Waals surface area (Å²) in [5.74, 6) is 0. The normalized spacial score (nSPS) is 13.1. The highest BCUT2D eigenvalue weighted by atomic mass is 32.2. The van der Waals surface area contributed by atoms with Crippen LogP contribution in [0.2, 0.25) is 0 Å². The van der Waals surface area contributed by atoms with Gasteiger partial charge in [-0.05, 0) is 43.7 Å². The minimum absolute atomic E-state index is 0.592. The molecular formula is C16H23NS. The number of thioether (sulfide) groups is 1. The van der Waals surface area contributed by atoms with Gasteiger partial charge >= 0.3 is 0 Å². The molecule has 2 aromatic rings. The molecule has 0 amide bonds. The molecule has 1 aromatic carbocycles. The molecule has 98 valence electrons. The summed E-state index contributed by atoms with van der Waals surface area (Å²) in [6.45, 7) is 6.80. The molecule has 0 aliphatic carbocycles. The standard InChI is InChI=1S/C16H23NS/c1-5-7-12(3)17-11-10-14-15(17)9-8-13(6-2)16(14)18-4/h8-12H,5-7H2,1-4H3. The highest BCUT2D eigenvalue weighted by molar-refractivity contribution is 7.98. The maximum absolute atomic E-state index is 2.43. The third-order valence-corrected chi connectivity index (χ3v) is 4.59. The van der Waals surface area contributed by atoms with Crippen molar-refractivity contribution >= 4 is 22.7 Å². The van der Waals surface area contributed by atoms with E-state index in [4.69, 9.17) is 0 Å². The van der Waals surface area contributed by atoms with E-state index in [1.165, 1.54) is 34.2 Å². The SMILES string of the molecule is CCCC(C)n1ccc2c(SC)c(CC)ccc21. The smallest absolute Gasteiger partial charge is 0.0494 e. The van der Waals surface area contributed by atoms with Gasteiger partial charge in [-0.15, -0.1) is 11.8 Å². The first kappa shape index (κ1) is 13.5. The summed E-state index contributed by atoms with van der Waals surface area (Å²) in [5, 5.41) is 1.42. The molecule has 0 aliphatic rings. The van der Waals surface area contributed by atoms with E-state index in [2.05, 4.69) is 56.0 Å². The number of aryl methyl sites for hydroxylation is 1. The first-order valence-corrected chi connectivity index (χ1v) is 8.11. The predicted molar refractivity (Wildman–Crippen MR) is 82.7 cm³/mol. The van der Waals surface area contributed by atoms with Crippen molar-refractivity contribution in [2.45, 2.75) is 51.0 Å². The van der Waals surface area contributed by atoms with Crippen LogP contribution in [0.4, 0.5) is 0 Å². The highest BCUT2D eigenvalue weighted by Gasteiger charge is 2.12. The molecule has 0 aliphatic heterocycles. The van der Waals surface area contributed by atoms with Gasteiger partial charge in [-0.2, -0.15) is 0 Å². The molecule has 0 fully saturated rings. The second kappa shape index (κ2) is 5.83. The predicted octanol–water partition coefficient (Wildman–Crippen LogP) is 5.29. The molecular weight excluding hydrogens is 238 g/mol. The first-order valence-electron chi connectivity index (χ1n) is 6.89. The molecule has 0 bridgehead atoms. The Morgan fingerprint density at radius 3 is 2.61 bits per heavy atom. The van der Waals surface area contributed by atoms with Gasteiger partial charge in [0.05, 0.1) is 0 Å². The Balaban J connectivity index is 2.54. The van der Waals surface area contributed by atoms with Crippen molar-refractivity contribution in [3.05, 3.63) is 30.0 Å². The Morgan fingerprint density at radius 2 is 2.00 bits per heavy atom. The van der Waals surface area contributed by atoms with E-state index in [0.29, 0.717) is 6.04 Å². The van der Waals surface area contributed by atoms with Crippen LogP contribution in [-0.2, 0) is 6.42 Å². The molecule has 0 N–H and O–H groups in total. The van der Waals surface area contributed by atoms with E-state index in [0.717, 1.165) is 6.42 Å². The Kier molecular flexibility index (Phi) is 4.39. The van der Waals surface area contributed by atoms with Crippen molar-refractivity contribution in [3.8, 4) is 0 Å². The number of nitrogens with zero attached hydrogens (tertiary/aromatic N) is 1. The van der Waals surface area contributed by atoms with Crippen molar-refractivity contribution in [1.82, 2.24) is 4.57 Å². The average Bonchev–Trinajstić information content (AvgIpc) is 2.81. The van der Waals surface area contributed by atoms with E-state index >= 15 is 0 Å². The average molecular weight is 261 g/mol. The summed E-state index contributed by atoms with van der Waals surface area (Å²) >= 11 is 1.87. The van der Waals surface area contributed by atoms with E-state index < -0.39 is 0 Å². The van der Waals surface area contributed by atoms with Gasteiger partial charge in [0.2, 0.25) is 0 Å². The molecule has 1 atom stereocenters. The lowest BCUT2D eigenvalue weighted by Gasteiger charge is -2.15. The minimum atomic E-state index is 0.592. The number of benzene rings is 1. The van der Waals surface area contributed by atoms with E-state index in [9.17, 15) is 0 Å². The Morgan fingerprint density at radius 1 is 1.22 bits per heavy atom. The third kappa shape index (κ3) is 2.31. The maximum atomic E-state index is 2.43. The third-order valence-electron chi connectivity index (χ3n) is 3.70. The summed E-state index contributed by atoms with van der Waals surface area (Å²) in [7, 11) is 0. The molecule has 0 spiro atoms. The summed E-state index contributed by atoms with van der Waals surface area (Å²) in [6, 6.07) is 7.46. The number of fused-ring (bicyclic) bond motifs is 1. The molecule has 0 saturated carbocycles. The van der Waals surface area contributed by atoms with Crippen LogP contribution >= 0.6 is 11.8 Å². The lowest BCUT2D eigenvalue weighted by Crippen LogP contribution is -2.03. The zero-order valence-corrected chi connectivity index (χ0v) is 12.7. The fourth-order valence-corrected chi connectivity index (χ4v) is 3.58. The highest BCUT2D eigenvalue weighted by Crippen LogP contribution is 2.33. The number of hydrogen-bond donors (Lipinski definition) is 0. The van der Waals surface area contributed by atoms with Crippen molar-refractivity contribution in [2.24, 2.45) is 0 Å². The van der Waals surface area contributed by atoms with Crippen LogP contribution < -0.4 is 0 Å². The summed E-state index contributed by atoms with van der Waals surface area (Å²) < 4.78 is 2.43. The van der Waals surface area contributed by atoms with E-state index in [1.54, 1.807) is 0 Å². The van der Waals surface area contributed by atoms with Gasteiger partial charge in [0, 0.05) is 28.0 Å². The topological polar surface area (TPSA) is 4.93 Å². The molecule has 2 rings (SSSR count). The van der Waals surface area contributed by atoms with Gasteiger partial charge in [0.15, 0.2) is 0 Å². The van der Waals surface area contributed by atoms with Crippen LogP contribution in [0.15, 0.2) is 29.3 Å². The number of aromatic nitrogens is 1. The molecule has 0 saturated heterocycles.